The van der Waals surface area contributed by atoms with E-state index in [1.807, 2.05) is 36.4 Å². The van der Waals surface area contributed by atoms with E-state index >= 15 is 0 Å². The molecule has 0 bridgehead atoms. The Kier molecular flexibility index (Phi) is 3.72. The first kappa shape index (κ1) is 16.1. The van der Waals surface area contributed by atoms with Crippen molar-refractivity contribution in [2.45, 2.75) is 6.42 Å². The summed E-state index contributed by atoms with van der Waals surface area (Å²) >= 11 is 0. The summed E-state index contributed by atoms with van der Waals surface area (Å²) in [6.07, 6.45) is 1.16. The van der Waals surface area contributed by atoms with E-state index in [-0.39, 0.29) is 5.56 Å². The van der Waals surface area contributed by atoms with Crippen LogP contribution in [0.4, 0.5) is 5.69 Å². The SMILES string of the molecule is CN1CCCN(c2ccc3nc(-c4c5cccccc-5[nH]c4=O)[nH]c3c2)C1. The van der Waals surface area contributed by atoms with E-state index in [2.05, 4.69) is 43.9 Å². The Morgan fingerprint density at radius 3 is 2.81 bits per heavy atom. The van der Waals surface area contributed by atoms with E-state index in [1.165, 1.54) is 5.69 Å². The van der Waals surface area contributed by atoms with E-state index in [4.69, 9.17) is 0 Å². The molecule has 27 heavy (non-hydrogen) atoms. The molecular formula is C21H21N5O. The number of nitrogens with one attached hydrogen (secondary N) is 2. The van der Waals surface area contributed by atoms with E-state index < -0.39 is 0 Å². The third kappa shape index (κ3) is 2.78. The van der Waals surface area contributed by atoms with Crippen molar-refractivity contribution < 1.29 is 0 Å². The lowest BCUT2D eigenvalue weighted by Gasteiger charge is -2.34. The van der Waals surface area contributed by atoms with E-state index in [0.29, 0.717) is 11.4 Å². The standard InChI is InChI=1S/C21H21N5O/c1-25-10-5-11-26(13-25)14-8-9-17-18(12-14)23-20(22-17)19-15-6-3-2-4-7-16(15)24-21(19)27/h2-4,6-9,12H,5,10-11,13H2,1H3,(H,22,23)(H,24,27). The maximum absolute atomic E-state index is 12.5. The summed E-state index contributed by atoms with van der Waals surface area (Å²) < 4.78 is 0. The fourth-order valence-corrected chi connectivity index (χ4v) is 3.90. The van der Waals surface area contributed by atoms with Crippen LogP contribution in [0.2, 0.25) is 0 Å². The molecule has 0 saturated carbocycles. The zero-order valence-electron chi connectivity index (χ0n) is 15.2. The first-order valence-corrected chi connectivity index (χ1v) is 9.24. The number of nitrogens with zero attached hydrogens (tertiary/aromatic N) is 3. The number of benzene rings is 1. The highest BCUT2D eigenvalue weighted by Crippen LogP contribution is 2.30. The Labute approximate surface area is 156 Å². The van der Waals surface area contributed by atoms with Crippen LogP contribution in [0.15, 0.2) is 53.3 Å². The van der Waals surface area contributed by atoms with Crippen molar-refractivity contribution in [1.82, 2.24) is 19.9 Å². The quantitative estimate of drug-likeness (QED) is 0.577. The number of H-pyrrole nitrogens is 2. The van der Waals surface area contributed by atoms with Crippen LogP contribution in [-0.2, 0) is 0 Å². The molecule has 1 aromatic carbocycles. The molecule has 3 heterocycles. The van der Waals surface area contributed by atoms with Crippen LogP contribution in [0.3, 0.4) is 0 Å². The van der Waals surface area contributed by atoms with E-state index in [0.717, 1.165) is 48.5 Å². The second-order valence-corrected chi connectivity index (χ2v) is 7.19. The van der Waals surface area contributed by atoms with Gasteiger partial charge in [-0.3, -0.25) is 9.69 Å². The van der Waals surface area contributed by atoms with E-state index in [9.17, 15) is 4.79 Å². The molecule has 1 aromatic heterocycles. The number of aromatic nitrogens is 3. The largest absolute Gasteiger partial charge is 0.358 e. The summed E-state index contributed by atoms with van der Waals surface area (Å²) in [5.41, 5.74) is 5.17. The minimum absolute atomic E-state index is 0.117. The fraction of sp³-hybridized carbons (Fsp3) is 0.238. The molecule has 2 N–H and O–H groups in total. The van der Waals surface area contributed by atoms with Crippen LogP contribution in [0.25, 0.3) is 33.7 Å². The van der Waals surface area contributed by atoms with Gasteiger partial charge in [-0.15, -0.1) is 0 Å². The van der Waals surface area contributed by atoms with Crippen LogP contribution in [0.5, 0.6) is 0 Å². The van der Waals surface area contributed by atoms with Crippen LogP contribution in [-0.4, -0.2) is 46.7 Å². The normalized spacial score (nSPS) is 15.7. The average molecular weight is 359 g/mol. The minimum Gasteiger partial charge on any atom is -0.358 e. The van der Waals surface area contributed by atoms with Crippen molar-refractivity contribution in [1.29, 1.82) is 0 Å². The van der Waals surface area contributed by atoms with Gasteiger partial charge < -0.3 is 14.9 Å². The lowest BCUT2D eigenvalue weighted by atomic mass is 10.1. The maximum atomic E-state index is 12.5. The summed E-state index contributed by atoms with van der Waals surface area (Å²) in [6.45, 7) is 3.12. The predicted molar refractivity (Wildman–Crippen MR) is 108 cm³/mol. The van der Waals surface area contributed by atoms with Crippen LogP contribution in [0.1, 0.15) is 6.42 Å². The predicted octanol–water partition coefficient (Wildman–Crippen LogP) is 3.12. The van der Waals surface area contributed by atoms with Crippen molar-refractivity contribution >= 4 is 16.7 Å². The molecule has 6 nitrogen and oxygen atoms in total. The summed E-state index contributed by atoms with van der Waals surface area (Å²) in [5, 5.41) is 0. The lowest BCUT2D eigenvalue weighted by Crippen LogP contribution is -2.42. The summed E-state index contributed by atoms with van der Waals surface area (Å²) in [5.74, 6) is 0.611. The molecule has 136 valence electrons. The monoisotopic (exact) mass is 359 g/mol. The molecule has 2 aliphatic heterocycles. The number of hydrogen-bond donors (Lipinski definition) is 2. The molecule has 0 atom stereocenters. The first-order valence-electron chi connectivity index (χ1n) is 9.24. The Hall–Kier alpha value is -3.12. The summed E-state index contributed by atoms with van der Waals surface area (Å²) in [4.78, 5) is 28.2. The van der Waals surface area contributed by atoms with Gasteiger partial charge in [0.15, 0.2) is 0 Å². The van der Waals surface area contributed by atoms with Gasteiger partial charge in [0.25, 0.3) is 5.56 Å². The van der Waals surface area contributed by atoms with Crippen LogP contribution >= 0.6 is 0 Å². The van der Waals surface area contributed by atoms with Gasteiger partial charge in [-0.1, -0.05) is 24.3 Å². The van der Waals surface area contributed by atoms with Crippen molar-refractivity contribution in [3.63, 3.8) is 0 Å². The number of anilines is 1. The molecule has 6 heteroatoms. The van der Waals surface area contributed by atoms with Gasteiger partial charge in [0.2, 0.25) is 0 Å². The van der Waals surface area contributed by atoms with Crippen LogP contribution in [0, 0.1) is 0 Å². The van der Waals surface area contributed by atoms with Gasteiger partial charge in [0, 0.05) is 30.0 Å². The van der Waals surface area contributed by atoms with Gasteiger partial charge in [-0.2, -0.15) is 0 Å². The molecule has 3 aliphatic rings. The lowest BCUT2D eigenvalue weighted by molar-refractivity contribution is 0.292. The van der Waals surface area contributed by atoms with Crippen molar-refractivity contribution in [2.24, 2.45) is 0 Å². The van der Waals surface area contributed by atoms with E-state index in [1.54, 1.807) is 0 Å². The Bertz CT molecular complexity index is 1140. The highest BCUT2D eigenvalue weighted by atomic mass is 16.1. The average Bonchev–Trinajstić information content (AvgIpc) is 3.13. The van der Waals surface area contributed by atoms with Gasteiger partial charge in [-0.05, 0) is 37.7 Å². The maximum Gasteiger partial charge on any atom is 0.260 e. The number of imidazole rings is 1. The van der Waals surface area contributed by atoms with Gasteiger partial charge in [0.1, 0.15) is 5.82 Å². The van der Waals surface area contributed by atoms with Crippen LogP contribution < -0.4 is 10.5 Å². The third-order valence-corrected chi connectivity index (χ3v) is 5.23. The molecule has 1 aliphatic carbocycles. The summed E-state index contributed by atoms with van der Waals surface area (Å²) in [7, 11) is 2.14. The number of rotatable bonds is 2. The zero-order chi connectivity index (χ0) is 18.4. The molecule has 0 unspecified atom stereocenters. The Morgan fingerprint density at radius 1 is 1.04 bits per heavy atom. The second kappa shape index (κ2) is 6.25. The molecule has 1 saturated heterocycles. The summed E-state index contributed by atoms with van der Waals surface area (Å²) in [6, 6.07) is 15.9. The highest BCUT2D eigenvalue weighted by molar-refractivity contribution is 5.87. The van der Waals surface area contributed by atoms with Gasteiger partial charge >= 0.3 is 0 Å². The smallest absolute Gasteiger partial charge is 0.260 e. The van der Waals surface area contributed by atoms with Crippen molar-refractivity contribution in [3.05, 3.63) is 58.9 Å². The number of aromatic amines is 2. The number of fused-ring (bicyclic) bond motifs is 2. The topological polar surface area (TPSA) is 68.0 Å². The molecule has 5 rings (SSSR count). The van der Waals surface area contributed by atoms with Gasteiger partial charge in [0.05, 0.1) is 23.3 Å². The number of hydrogen-bond acceptors (Lipinski definition) is 4. The first-order chi connectivity index (χ1) is 13.2. The van der Waals surface area contributed by atoms with Crippen molar-refractivity contribution in [3.8, 4) is 22.6 Å². The molecule has 0 amide bonds. The molecule has 0 spiro atoms. The fourth-order valence-electron chi connectivity index (χ4n) is 3.90. The second-order valence-electron chi connectivity index (χ2n) is 7.19. The molecule has 0 radical (unpaired) electrons. The minimum atomic E-state index is -0.117. The molecular weight excluding hydrogens is 338 g/mol. The Balaban J connectivity index is 1.59. The molecule has 1 fully saturated rings. The molecule has 2 aromatic rings. The zero-order valence-corrected chi connectivity index (χ0v) is 15.2. The Morgan fingerprint density at radius 2 is 1.93 bits per heavy atom. The third-order valence-electron chi connectivity index (χ3n) is 5.23. The van der Waals surface area contributed by atoms with Crippen molar-refractivity contribution in [2.75, 3.05) is 31.7 Å². The van der Waals surface area contributed by atoms with Gasteiger partial charge in [-0.25, -0.2) is 4.98 Å². The highest BCUT2D eigenvalue weighted by Gasteiger charge is 2.20.